The number of imidazole rings is 1. The van der Waals surface area contributed by atoms with Crippen LogP contribution >= 0.6 is 11.3 Å². The Bertz CT molecular complexity index is 790. The van der Waals surface area contributed by atoms with Crippen LogP contribution in [0.25, 0.3) is 10.2 Å². The van der Waals surface area contributed by atoms with Crippen molar-refractivity contribution in [2.75, 3.05) is 0 Å². The van der Waals surface area contributed by atoms with Crippen LogP contribution in [0.15, 0.2) is 35.1 Å². The van der Waals surface area contributed by atoms with E-state index in [1.807, 2.05) is 5.38 Å². The zero-order chi connectivity index (χ0) is 13.9. The van der Waals surface area contributed by atoms with Crippen LogP contribution < -0.4 is 10.9 Å². The zero-order valence-electron chi connectivity index (χ0n) is 10.4. The standard InChI is InChI=1S/C12H11N5O2S/c18-10(14-4-8-3-13-6-15-8)5-17-7-16-11-9(12(17)19)1-2-20-11/h1-3,6-7H,4-5H2,(H,13,15)(H,14,18). The van der Waals surface area contributed by atoms with Gasteiger partial charge in [-0.3, -0.25) is 14.2 Å². The molecule has 8 heteroatoms. The molecule has 0 aliphatic rings. The number of amides is 1. The first-order valence-corrected chi connectivity index (χ1v) is 6.78. The van der Waals surface area contributed by atoms with Gasteiger partial charge in [-0.05, 0) is 11.4 Å². The molecule has 0 saturated carbocycles. The number of H-pyrrole nitrogens is 1. The molecule has 3 heterocycles. The van der Waals surface area contributed by atoms with Gasteiger partial charge in [-0.2, -0.15) is 0 Å². The molecule has 7 nitrogen and oxygen atoms in total. The van der Waals surface area contributed by atoms with Crippen molar-refractivity contribution in [1.82, 2.24) is 24.8 Å². The number of carbonyl (C=O) groups is 1. The zero-order valence-corrected chi connectivity index (χ0v) is 11.2. The molecular weight excluding hydrogens is 278 g/mol. The molecule has 0 aromatic carbocycles. The van der Waals surface area contributed by atoms with Crippen molar-refractivity contribution in [3.63, 3.8) is 0 Å². The van der Waals surface area contributed by atoms with E-state index in [4.69, 9.17) is 0 Å². The van der Waals surface area contributed by atoms with Crippen LogP contribution in [-0.2, 0) is 17.9 Å². The van der Waals surface area contributed by atoms with Crippen LogP contribution in [0.2, 0.25) is 0 Å². The normalized spacial score (nSPS) is 10.8. The van der Waals surface area contributed by atoms with Gasteiger partial charge in [-0.15, -0.1) is 11.3 Å². The number of carbonyl (C=O) groups excluding carboxylic acids is 1. The Hall–Kier alpha value is -2.48. The highest BCUT2D eigenvalue weighted by molar-refractivity contribution is 7.16. The maximum absolute atomic E-state index is 12.1. The maximum Gasteiger partial charge on any atom is 0.262 e. The van der Waals surface area contributed by atoms with Crippen LogP contribution in [0.3, 0.4) is 0 Å². The fourth-order valence-electron chi connectivity index (χ4n) is 1.79. The first-order valence-electron chi connectivity index (χ1n) is 5.90. The average molecular weight is 289 g/mol. The molecule has 0 bridgehead atoms. The molecule has 0 fully saturated rings. The summed E-state index contributed by atoms with van der Waals surface area (Å²) >= 11 is 1.40. The van der Waals surface area contributed by atoms with Gasteiger partial charge in [0.25, 0.3) is 5.56 Å². The van der Waals surface area contributed by atoms with Crippen molar-refractivity contribution in [3.8, 4) is 0 Å². The number of aromatic nitrogens is 4. The largest absolute Gasteiger partial charge is 0.349 e. The van der Waals surface area contributed by atoms with Gasteiger partial charge in [-0.25, -0.2) is 9.97 Å². The predicted octanol–water partition coefficient (Wildman–Crippen LogP) is 0.497. The topological polar surface area (TPSA) is 92.7 Å². The molecule has 3 rings (SSSR count). The molecule has 3 aromatic heterocycles. The van der Waals surface area contributed by atoms with Crippen LogP contribution in [0.5, 0.6) is 0 Å². The summed E-state index contributed by atoms with van der Waals surface area (Å²) < 4.78 is 1.30. The van der Waals surface area contributed by atoms with Gasteiger partial charge in [0.05, 0.1) is 30.3 Å². The number of aromatic amines is 1. The highest BCUT2D eigenvalue weighted by atomic mass is 32.1. The number of nitrogens with zero attached hydrogens (tertiary/aromatic N) is 3. The van der Waals surface area contributed by atoms with Crippen molar-refractivity contribution >= 4 is 27.5 Å². The van der Waals surface area contributed by atoms with Crippen LogP contribution in [-0.4, -0.2) is 25.4 Å². The van der Waals surface area contributed by atoms with Crippen LogP contribution in [0.1, 0.15) is 5.69 Å². The Labute approximate surface area is 117 Å². The van der Waals surface area contributed by atoms with Crippen molar-refractivity contribution in [2.24, 2.45) is 0 Å². The quantitative estimate of drug-likeness (QED) is 0.731. The van der Waals surface area contributed by atoms with Crippen molar-refractivity contribution in [3.05, 3.63) is 46.3 Å². The smallest absolute Gasteiger partial charge is 0.262 e. The number of nitrogens with one attached hydrogen (secondary N) is 2. The van der Waals surface area contributed by atoms with Gasteiger partial charge in [0.2, 0.25) is 5.91 Å². The molecule has 1 amide bonds. The summed E-state index contributed by atoms with van der Waals surface area (Å²) in [7, 11) is 0. The van der Waals surface area contributed by atoms with Crippen molar-refractivity contribution < 1.29 is 4.79 Å². The van der Waals surface area contributed by atoms with Gasteiger partial charge >= 0.3 is 0 Å². The Morgan fingerprint density at radius 2 is 2.40 bits per heavy atom. The van der Waals surface area contributed by atoms with Gasteiger partial charge < -0.3 is 10.3 Å². The molecule has 0 spiro atoms. The summed E-state index contributed by atoms with van der Waals surface area (Å²) in [4.78, 5) is 35.5. The first kappa shape index (κ1) is 12.5. The van der Waals surface area contributed by atoms with E-state index in [0.717, 1.165) is 5.69 Å². The highest BCUT2D eigenvalue weighted by Gasteiger charge is 2.08. The minimum Gasteiger partial charge on any atom is -0.349 e. The van der Waals surface area contributed by atoms with E-state index < -0.39 is 0 Å². The lowest BCUT2D eigenvalue weighted by atomic mass is 10.4. The lowest BCUT2D eigenvalue weighted by Crippen LogP contribution is -2.32. The second kappa shape index (κ2) is 5.25. The lowest BCUT2D eigenvalue weighted by Gasteiger charge is -2.06. The Kier molecular flexibility index (Phi) is 3.30. The molecule has 0 saturated heterocycles. The molecular formula is C12H11N5O2S. The molecule has 0 aliphatic heterocycles. The Morgan fingerprint density at radius 1 is 1.50 bits per heavy atom. The molecule has 2 N–H and O–H groups in total. The van der Waals surface area contributed by atoms with E-state index >= 15 is 0 Å². The van der Waals surface area contributed by atoms with E-state index in [9.17, 15) is 9.59 Å². The molecule has 20 heavy (non-hydrogen) atoms. The minimum absolute atomic E-state index is 0.0498. The number of hydrogen-bond donors (Lipinski definition) is 2. The van der Waals surface area contributed by atoms with E-state index in [1.165, 1.54) is 22.2 Å². The number of rotatable bonds is 4. The van der Waals surface area contributed by atoms with Gasteiger partial charge in [-0.1, -0.05) is 0 Å². The molecule has 0 radical (unpaired) electrons. The van der Waals surface area contributed by atoms with E-state index in [0.29, 0.717) is 16.8 Å². The Morgan fingerprint density at radius 3 is 3.20 bits per heavy atom. The van der Waals surface area contributed by atoms with Gasteiger partial charge in [0.1, 0.15) is 11.4 Å². The van der Waals surface area contributed by atoms with E-state index in [2.05, 4.69) is 20.3 Å². The molecule has 3 aromatic rings. The van der Waals surface area contributed by atoms with Crippen molar-refractivity contribution in [1.29, 1.82) is 0 Å². The third-order valence-electron chi connectivity index (χ3n) is 2.80. The summed E-state index contributed by atoms with van der Waals surface area (Å²) in [5, 5.41) is 5.06. The Balaban J connectivity index is 1.71. The second-order valence-electron chi connectivity index (χ2n) is 4.17. The fraction of sp³-hybridized carbons (Fsp3) is 0.167. The molecule has 102 valence electrons. The number of thiophene rings is 1. The summed E-state index contributed by atoms with van der Waals surface area (Å²) in [6.45, 7) is 0.299. The summed E-state index contributed by atoms with van der Waals surface area (Å²) in [5.74, 6) is -0.252. The minimum atomic E-state index is -0.252. The van der Waals surface area contributed by atoms with Crippen LogP contribution in [0, 0.1) is 0 Å². The highest BCUT2D eigenvalue weighted by Crippen LogP contribution is 2.13. The summed E-state index contributed by atoms with van der Waals surface area (Å²) in [6.07, 6.45) is 4.57. The molecule has 0 aliphatic carbocycles. The first-order chi connectivity index (χ1) is 9.74. The molecule has 0 unspecified atom stereocenters. The van der Waals surface area contributed by atoms with E-state index in [-0.39, 0.29) is 18.0 Å². The van der Waals surface area contributed by atoms with Gasteiger partial charge in [0, 0.05) is 6.20 Å². The van der Waals surface area contributed by atoms with Crippen LogP contribution in [0.4, 0.5) is 0 Å². The van der Waals surface area contributed by atoms with E-state index in [1.54, 1.807) is 18.6 Å². The molecule has 0 atom stereocenters. The van der Waals surface area contributed by atoms with Crippen molar-refractivity contribution in [2.45, 2.75) is 13.1 Å². The second-order valence-corrected chi connectivity index (χ2v) is 5.07. The lowest BCUT2D eigenvalue weighted by molar-refractivity contribution is -0.121. The van der Waals surface area contributed by atoms with Gasteiger partial charge in [0.15, 0.2) is 0 Å². The SMILES string of the molecule is O=C(Cn1cnc2sccc2c1=O)NCc1cnc[nH]1. The number of fused-ring (bicyclic) bond motifs is 1. The number of hydrogen-bond acceptors (Lipinski definition) is 5. The fourth-order valence-corrected chi connectivity index (χ4v) is 2.52. The third-order valence-corrected chi connectivity index (χ3v) is 3.62. The third kappa shape index (κ3) is 2.45. The average Bonchev–Trinajstić information content (AvgIpc) is 3.10. The summed E-state index contributed by atoms with van der Waals surface area (Å²) in [6, 6.07) is 1.72. The maximum atomic E-state index is 12.1. The summed E-state index contributed by atoms with van der Waals surface area (Å²) in [5.41, 5.74) is 0.602. The predicted molar refractivity (Wildman–Crippen MR) is 74.3 cm³/mol. The monoisotopic (exact) mass is 289 g/mol.